The zero-order chi connectivity index (χ0) is 17.5. The molecule has 0 bridgehead atoms. The molecule has 0 radical (unpaired) electrons. The Morgan fingerprint density at radius 1 is 1.00 bits per heavy atom. The third-order valence-corrected chi connectivity index (χ3v) is 5.79. The number of rotatable bonds is 2. The lowest BCUT2D eigenvalue weighted by molar-refractivity contribution is 0.668. The lowest BCUT2D eigenvalue weighted by atomic mass is 9.91. The molecule has 132 valence electrons. The van der Waals surface area contributed by atoms with Gasteiger partial charge in [0.05, 0.1) is 11.2 Å². The monoisotopic (exact) mass is 344 g/mol. The van der Waals surface area contributed by atoms with Crippen LogP contribution in [0.15, 0.2) is 42.7 Å². The number of aryl methyl sites for hydroxylation is 1. The summed E-state index contributed by atoms with van der Waals surface area (Å²) in [6.45, 7) is 2.00. The van der Waals surface area contributed by atoms with Crippen LogP contribution in [0.2, 0.25) is 0 Å². The van der Waals surface area contributed by atoms with Crippen LogP contribution in [-0.2, 0) is 12.8 Å². The van der Waals surface area contributed by atoms with Crippen molar-refractivity contribution in [1.29, 1.82) is 0 Å². The number of fused-ring (bicyclic) bond motifs is 2. The fraction of sp³-hybridized carbons (Fsp3) is 0.364. The summed E-state index contributed by atoms with van der Waals surface area (Å²) in [5.74, 6) is 0. The fourth-order valence-corrected chi connectivity index (χ4v) is 4.47. The largest absolute Gasteiger partial charge is 0.369 e. The highest BCUT2D eigenvalue weighted by atomic mass is 15.2. The van der Waals surface area contributed by atoms with Crippen LogP contribution in [0.3, 0.4) is 0 Å². The Balaban J connectivity index is 1.73. The summed E-state index contributed by atoms with van der Waals surface area (Å²) in [4.78, 5) is 11.7. The van der Waals surface area contributed by atoms with E-state index in [-0.39, 0.29) is 6.04 Å². The lowest BCUT2D eigenvalue weighted by Crippen LogP contribution is -2.28. The lowest BCUT2D eigenvalue weighted by Gasteiger charge is -2.28. The molecular weight excluding hydrogens is 320 g/mol. The smallest absolute Gasteiger partial charge is 0.0726 e. The van der Waals surface area contributed by atoms with Gasteiger partial charge in [-0.25, -0.2) is 0 Å². The third-order valence-electron chi connectivity index (χ3n) is 5.79. The summed E-state index contributed by atoms with van der Waals surface area (Å²) >= 11 is 0. The Morgan fingerprint density at radius 2 is 1.85 bits per heavy atom. The molecule has 3 heterocycles. The number of nitrogens with two attached hydrogens (primary N) is 1. The summed E-state index contributed by atoms with van der Waals surface area (Å²) in [5, 5.41) is 1.27. The molecule has 2 aromatic heterocycles. The van der Waals surface area contributed by atoms with Crippen molar-refractivity contribution < 1.29 is 0 Å². The fourth-order valence-electron chi connectivity index (χ4n) is 4.47. The zero-order valence-corrected chi connectivity index (χ0v) is 15.0. The van der Waals surface area contributed by atoms with Crippen LogP contribution >= 0.6 is 0 Å². The van der Waals surface area contributed by atoms with Crippen molar-refractivity contribution in [3.05, 3.63) is 54.0 Å². The summed E-state index contributed by atoms with van der Waals surface area (Å²) in [6, 6.07) is 11.1. The van der Waals surface area contributed by atoms with Crippen LogP contribution in [0.4, 0.5) is 5.69 Å². The average molecular weight is 344 g/mol. The van der Waals surface area contributed by atoms with E-state index in [9.17, 15) is 0 Å². The minimum Gasteiger partial charge on any atom is -0.369 e. The molecule has 0 amide bonds. The average Bonchev–Trinajstić information content (AvgIpc) is 3.12. The molecule has 0 spiro atoms. The van der Waals surface area contributed by atoms with E-state index in [0.29, 0.717) is 0 Å². The van der Waals surface area contributed by atoms with Crippen molar-refractivity contribution in [1.82, 2.24) is 9.97 Å². The maximum atomic E-state index is 6.24. The van der Waals surface area contributed by atoms with Gasteiger partial charge in [-0.05, 0) is 73.1 Å². The number of benzene rings is 1. The SMILES string of the molecule is NC1CCN(c2c3c(nc4ccc(-c5ccncc5)cc24)CCCC3)C1. The van der Waals surface area contributed by atoms with Gasteiger partial charge >= 0.3 is 0 Å². The van der Waals surface area contributed by atoms with Crippen molar-refractivity contribution >= 4 is 16.6 Å². The third kappa shape index (κ3) is 2.65. The summed E-state index contributed by atoms with van der Waals surface area (Å²) in [7, 11) is 0. The molecule has 4 heteroatoms. The van der Waals surface area contributed by atoms with Gasteiger partial charge in [-0.15, -0.1) is 0 Å². The van der Waals surface area contributed by atoms with Crippen molar-refractivity contribution in [2.24, 2.45) is 5.73 Å². The van der Waals surface area contributed by atoms with Crippen LogP contribution in [0.5, 0.6) is 0 Å². The second kappa shape index (κ2) is 6.36. The zero-order valence-electron chi connectivity index (χ0n) is 15.0. The second-order valence-electron chi connectivity index (χ2n) is 7.56. The minimum absolute atomic E-state index is 0.279. The molecule has 2 aliphatic rings. The predicted octanol–water partition coefficient (Wildman–Crippen LogP) is 3.71. The van der Waals surface area contributed by atoms with E-state index in [1.54, 1.807) is 0 Å². The maximum absolute atomic E-state index is 6.24. The molecule has 1 aromatic carbocycles. The number of pyridine rings is 2. The molecule has 1 aliphatic carbocycles. The standard InChI is InChI=1S/C22H24N4/c23-17-9-12-26(14-17)22-18-3-1-2-4-20(18)25-21-6-5-16(13-19(21)22)15-7-10-24-11-8-15/h5-8,10-11,13,17H,1-4,9,12,14,23H2. The first-order valence-corrected chi connectivity index (χ1v) is 9.66. The van der Waals surface area contributed by atoms with E-state index in [2.05, 4.69) is 40.2 Å². The first-order chi connectivity index (χ1) is 12.8. The molecule has 2 N–H and O–H groups in total. The van der Waals surface area contributed by atoms with Crippen molar-refractivity contribution in [3.63, 3.8) is 0 Å². The molecule has 3 aromatic rings. The van der Waals surface area contributed by atoms with Gasteiger partial charge in [0.2, 0.25) is 0 Å². The molecule has 1 fully saturated rings. The van der Waals surface area contributed by atoms with Gasteiger partial charge in [-0.1, -0.05) is 6.07 Å². The number of anilines is 1. The van der Waals surface area contributed by atoms with E-state index < -0.39 is 0 Å². The van der Waals surface area contributed by atoms with E-state index in [4.69, 9.17) is 10.7 Å². The number of aromatic nitrogens is 2. The maximum Gasteiger partial charge on any atom is 0.0726 e. The van der Waals surface area contributed by atoms with Crippen LogP contribution in [0.1, 0.15) is 30.5 Å². The van der Waals surface area contributed by atoms with Gasteiger partial charge in [0, 0.05) is 42.6 Å². The number of hydrogen-bond acceptors (Lipinski definition) is 4. The van der Waals surface area contributed by atoms with E-state index in [1.165, 1.54) is 46.3 Å². The number of nitrogens with zero attached hydrogens (tertiary/aromatic N) is 3. The van der Waals surface area contributed by atoms with Gasteiger partial charge in [0.15, 0.2) is 0 Å². The Bertz CT molecular complexity index is 951. The Labute approximate surface area is 154 Å². The van der Waals surface area contributed by atoms with Gasteiger partial charge in [0.1, 0.15) is 0 Å². The minimum atomic E-state index is 0.279. The highest BCUT2D eigenvalue weighted by Gasteiger charge is 2.26. The highest BCUT2D eigenvalue weighted by molar-refractivity contribution is 5.97. The first-order valence-electron chi connectivity index (χ1n) is 9.66. The van der Waals surface area contributed by atoms with Crippen LogP contribution < -0.4 is 10.6 Å². The van der Waals surface area contributed by atoms with Crippen molar-refractivity contribution in [2.45, 2.75) is 38.1 Å². The molecule has 1 atom stereocenters. The number of hydrogen-bond donors (Lipinski definition) is 1. The topological polar surface area (TPSA) is 55.0 Å². The molecule has 1 aliphatic heterocycles. The normalized spacial score (nSPS) is 19.7. The highest BCUT2D eigenvalue weighted by Crippen LogP contribution is 2.38. The van der Waals surface area contributed by atoms with Gasteiger partial charge in [0.25, 0.3) is 0 Å². The quantitative estimate of drug-likeness (QED) is 0.770. The Morgan fingerprint density at radius 3 is 2.65 bits per heavy atom. The van der Waals surface area contributed by atoms with Crippen LogP contribution in [0.25, 0.3) is 22.0 Å². The van der Waals surface area contributed by atoms with Gasteiger partial charge in [-0.2, -0.15) is 0 Å². The summed E-state index contributed by atoms with van der Waals surface area (Å²) < 4.78 is 0. The van der Waals surface area contributed by atoms with Crippen LogP contribution in [-0.4, -0.2) is 29.1 Å². The van der Waals surface area contributed by atoms with E-state index in [1.807, 2.05) is 12.4 Å². The molecular formula is C22H24N4. The molecule has 4 nitrogen and oxygen atoms in total. The summed E-state index contributed by atoms with van der Waals surface area (Å²) in [5.41, 5.74) is 13.9. The second-order valence-corrected chi connectivity index (χ2v) is 7.56. The molecule has 5 rings (SSSR count). The van der Waals surface area contributed by atoms with Gasteiger partial charge < -0.3 is 10.6 Å². The van der Waals surface area contributed by atoms with Crippen molar-refractivity contribution in [2.75, 3.05) is 18.0 Å². The van der Waals surface area contributed by atoms with Crippen LogP contribution in [0, 0.1) is 0 Å². The predicted molar refractivity (Wildman–Crippen MR) is 106 cm³/mol. The van der Waals surface area contributed by atoms with Gasteiger partial charge in [-0.3, -0.25) is 9.97 Å². The van der Waals surface area contributed by atoms with E-state index >= 15 is 0 Å². The molecule has 26 heavy (non-hydrogen) atoms. The molecule has 1 saturated heterocycles. The molecule has 0 saturated carbocycles. The molecule has 1 unspecified atom stereocenters. The summed E-state index contributed by atoms with van der Waals surface area (Å²) in [6.07, 6.45) is 9.53. The first kappa shape index (κ1) is 15.8. The Kier molecular flexibility index (Phi) is 3.86. The van der Waals surface area contributed by atoms with Crippen molar-refractivity contribution in [3.8, 4) is 11.1 Å². The van der Waals surface area contributed by atoms with E-state index in [0.717, 1.165) is 37.9 Å². The Hall–Kier alpha value is -2.46.